The van der Waals surface area contributed by atoms with Crippen LogP contribution in [0.15, 0.2) is 41.2 Å². The molecule has 2 saturated heterocycles. The summed E-state index contributed by atoms with van der Waals surface area (Å²) in [6.07, 6.45) is 1.46. The molecule has 2 atom stereocenters. The van der Waals surface area contributed by atoms with Gasteiger partial charge in [0.15, 0.2) is 0 Å². The number of rotatable bonds is 6. The third-order valence-corrected chi connectivity index (χ3v) is 7.28. The van der Waals surface area contributed by atoms with E-state index in [1.807, 2.05) is 21.6 Å². The van der Waals surface area contributed by atoms with Crippen molar-refractivity contribution >= 4 is 5.91 Å². The number of amides is 1. The van der Waals surface area contributed by atoms with Crippen LogP contribution in [0, 0.1) is 5.92 Å². The Morgan fingerprint density at radius 1 is 1.06 bits per heavy atom. The van der Waals surface area contributed by atoms with Crippen molar-refractivity contribution in [3.63, 3.8) is 0 Å². The first kappa shape index (κ1) is 22.3. The van der Waals surface area contributed by atoms with Gasteiger partial charge < -0.3 is 18.9 Å². The molecule has 176 valence electrons. The summed E-state index contributed by atoms with van der Waals surface area (Å²) < 4.78 is 12.5. The van der Waals surface area contributed by atoms with E-state index in [0.717, 1.165) is 62.6 Å². The predicted molar refractivity (Wildman–Crippen MR) is 126 cm³/mol. The first-order valence-electron chi connectivity index (χ1n) is 12.0. The lowest BCUT2D eigenvalue weighted by atomic mass is 9.82. The Hall–Kier alpha value is -2.48. The Labute approximate surface area is 194 Å². The van der Waals surface area contributed by atoms with Gasteiger partial charge in [-0.2, -0.15) is 0 Å². The molecule has 1 aromatic carbocycles. The maximum Gasteiger partial charge on any atom is 0.258 e. The number of aromatic nitrogens is 1. The number of benzene rings is 1. The Balaban J connectivity index is 1.41. The van der Waals surface area contributed by atoms with Gasteiger partial charge in [0.2, 0.25) is 5.91 Å². The maximum atomic E-state index is 13.7. The van der Waals surface area contributed by atoms with Crippen molar-refractivity contribution in [2.45, 2.75) is 31.8 Å². The van der Waals surface area contributed by atoms with Gasteiger partial charge in [-0.25, -0.2) is 0 Å². The fourth-order valence-corrected chi connectivity index (χ4v) is 5.62. The molecule has 0 radical (unpaired) electrons. The van der Waals surface area contributed by atoms with Crippen LogP contribution < -0.4 is 5.56 Å². The largest absolute Gasteiger partial charge is 0.384 e. The highest BCUT2D eigenvalue weighted by Gasteiger charge is 2.36. The molecule has 1 amide bonds. The second-order valence-corrected chi connectivity index (χ2v) is 9.47. The van der Waals surface area contributed by atoms with Crippen LogP contribution in [0.5, 0.6) is 0 Å². The first-order valence-corrected chi connectivity index (χ1v) is 12.0. The van der Waals surface area contributed by atoms with Gasteiger partial charge in [-0.15, -0.1) is 0 Å². The number of hydrogen-bond acceptors (Lipinski definition) is 5. The van der Waals surface area contributed by atoms with Crippen molar-refractivity contribution in [3.8, 4) is 11.1 Å². The van der Waals surface area contributed by atoms with Gasteiger partial charge in [-0.3, -0.25) is 14.5 Å². The number of ether oxygens (including phenoxy) is 2. The van der Waals surface area contributed by atoms with Crippen LogP contribution in [0.2, 0.25) is 0 Å². The third-order valence-electron chi connectivity index (χ3n) is 7.28. The molecule has 0 N–H and O–H groups in total. The molecule has 7 nitrogen and oxygen atoms in total. The molecular weight excluding hydrogens is 418 g/mol. The Morgan fingerprint density at radius 2 is 1.88 bits per heavy atom. The average Bonchev–Trinajstić information content (AvgIpc) is 2.84. The van der Waals surface area contributed by atoms with Crippen LogP contribution in [0.1, 0.15) is 30.0 Å². The molecule has 7 heteroatoms. The zero-order valence-corrected chi connectivity index (χ0v) is 19.4. The minimum atomic E-state index is 0.0933. The second kappa shape index (κ2) is 9.79. The number of likely N-dealkylation sites (tertiary alicyclic amines) is 1. The van der Waals surface area contributed by atoms with Gasteiger partial charge in [-0.05, 0) is 35.6 Å². The summed E-state index contributed by atoms with van der Waals surface area (Å²) in [7, 11) is 1.62. The fourth-order valence-electron chi connectivity index (χ4n) is 5.62. The lowest BCUT2D eigenvalue weighted by Gasteiger charge is -2.43. The van der Waals surface area contributed by atoms with Crippen molar-refractivity contribution in [2.75, 3.05) is 53.1 Å². The molecule has 5 rings (SSSR count). The Morgan fingerprint density at radius 3 is 2.70 bits per heavy atom. The number of piperidine rings is 1. The molecular formula is C26H33N3O4. The zero-order valence-electron chi connectivity index (χ0n) is 19.4. The van der Waals surface area contributed by atoms with Crippen LogP contribution in [-0.2, 0) is 27.4 Å². The van der Waals surface area contributed by atoms with Gasteiger partial charge in [0, 0.05) is 63.6 Å². The number of morpholine rings is 1. The first-order chi connectivity index (χ1) is 16.1. The number of carbonyl (C=O) groups excluding carboxylic acids is 1. The number of hydrogen-bond donors (Lipinski definition) is 0. The SMILES string of the molecule is COCCC(=O)N1CC2CC(C1)c1ccc(-c3ccccc3CN3CCOCC3)c(=O)n1C2. The molecule has 33 heavy (non-hydrogen) atoms. The molecule has 2 aromatic rings. The fraction of sp³-hybridized carbons (Fsp3) is 0.538. The molecule has 0 spiro atoms. The molecule has 1 aromatic heterocycles. The zero-order chi connectivity index (χ0) is 22.8. The van der Waals surface area contributed by atoms with E-state index in [9.17, 15) is 9.59 Å². The normalized spacial score (nSPS) is 22.8. The van der Waals surface area contributed by atoms with E-state index >= 15 is 0 Å². The minimum absolute atomic E-state index is 0.0933. The van der Waals surface area contributed by atoms with Crippen molar-refractivity contribution in [2.24, 2.45) is 5.92 Å². The lowest BCUT2D eigenvalue weighted by Crippen LogP contribution is -2.49. The number of nitrogens with zero attached hydrogens (tertiary/aromatic N) is 3. The van der Waals surface area contributed by atoms with E-state index in [1.54, 1.807) is 7.11 Å². The summed E-state index contributed by atoms with van der Waals surface area (Å²) in [6.45, 7) is 6.72. The molecule has 3 aliphatic rings. The van der Waals surface area contributed by atoms with E-state index in [0.29, 0.717) is 32.0 Å². The van der Waals surface area contributed by atoms with Gasteiger partial charge in [0.1, 0.15) is 0 Å². The van der Waals surface area contributed by atoms with Crippen LogP contribution >= 0.6 is 0 Å². The minimum Gasteiger partial charge on any atom is -0.384 e. The van der Waals surface area contributed by atoms with Gasteiger partial charge in [-0.1, -0.05) is 24.3 Å². The van der Waals surface area contributed by atoms with Gasteiger partial charge >= 0.3 is 0 Å². The highest BCUT2D eigenvalue weighted by atomic mass is 16.5. The van der Waals surface area contributed by atoms with Crippen molar-refractivity contribution in [3.05, 3.63) is 58.0 Å². The van der Waals surface area contributed by atoms with E-state index < -0.39 is 0 Å². The highest BCUT2D eigenvalue weighted by Crippen LogP contribution is 2.36. The summed E-state index contributed by atoms with van der Waals surface area (Å²) in [5, 5.41) is 0. The number of methoxy groups -OCH3 is 1. The monoisotopic (exact) mass is 451 g/mol. The molecule has 2 unspecified atom stereocenters. The van der Waals surface area contributed by atoms with E-state index in [4.69, 9.17) is 9.47 Å². The summed E-state index contributed by atoms with van der Waals surface area (Å²) >= 11 is 0. The molecule has 3 aliphatic heterocycles. The Kier molecular flexibility index (Phi) is 6.62. The quantitative estimate of drug-likeness (QED) is 0.675. The number of carbonyl (C=O) groups is 1. The standard InChI is InChI=1S/C26H33N3O4/c1-32-11-8-25(30)28-15-19-14-21(18-28)24-7-6-23(26(31)29(24)16-19)22-5-3-2-4-20(22)17-27-9-12-33-13-10-27/h2-7,19,21H,8-18H2,1H3. The average molecular weight is 452 g/mol. The maximum absolute atomic E-state index is 13.7. The smallest absolute Gasteiger partial charge is 0.258 e. The summed E-state index contributed by atoms with van der Waals surface area (Å²) in [4.78, 5) is 30.6. The highest BCUT2D eigenvalue weighted by molar-refractivity contribution is 5.76. The van der Waals surface area contributed by atoms with E-state index in [1.165, 1.54) is 5.56 Å². The van der Waals surface area contributed by atoms with Crippen LogP contribution in [0.25, 0.3) is 11.1 Å². The van der Waals surface area contributed by atoms with E-state index in [-0.39, 0.29) is 17.4 Å². The van der Waals surface area contributed by atoms with E-state index in [2.05, 4.69) is 29.2 Å². The molecule has 2 bridgehead atoms. The number of pyridine rings is 1. The Bertz CT molecular complexity index is 1060. The van der Waals surface area contributed by atoms with Crippen molar-refractivity contribution in [1.29, 1.82) is 0 Å². The number of fused-ring (bicyclic) bond motifs is 4. The molecule has 2 fully saturated rings. The summed E-state index contributed by atoms with van der Waals surface area (Å²) in [5.74, 6) is 0.685. The second-order valence-electron chi connectivity index (χ2n) is 9.47. The van der Waals surface area contributed by atoms with Gasteiger partial charge in [0.25, 0.3) is 5.56 Å². The molecule has 4 heterocycles. The third kappa shape index (κ3) is 4.63. The van der Waals surface area contributed by atoms with Crippen molar-refractivity contribution in [1.82, 2.24) is 14.4 Å². The van der Waals surface area contributed by atoms with Gasteiger partial charge in [0.05, 0.1) is 26.2 Å². The van der Waals surface area contributed by atoms with Crippen LogP contribution in [0.3, 0.4) is 0 Å². The summed E-state index contributed by atoms with van der Waals surface area (Å²) in [6, 6.07) is 12.4. The van der Waals surface area contributed by atoms with Crippen molar-refractivity contribution < 1.29 is 14.3 Å². The molecule has 0 saturated carbocycles. The van der Waals surface area contributed by atoms with Crippen LogP contribution in [0.4, 0.5) is 0 Å². The predicted octanol–water partition coefficient (Wildman–Crippen LogP) is 2.33. The topological polar surface area (TPSA) is 64.0 Å². The summed E-state index contributed by atoms with van der Waals surface area (Å²) in [5.41, 5.74) is 4.14. The molecule has 0 aliphatic carbocycles. The lowest BCUT2D eigenvalue weighted by molar-refractivity contribution is -0.134. The van der Waals surface area contributed by atoms with Crippen LogP contribution in [-0.4, -0.2) is 73.4 Å².